The lowest BCUT2D eigenvalue weighted by Crippen LogP contribution is -2.26. The van der Waals surface area contributed by atoms with E-state index in [0.717, 1.165) is 11.3 Å². The van der Waals surface area contributed by atoms with Gasteiger partial charge in [0.25, 0.3) is 6.43 Å². The minimum atomic E-state index is -2.54. The molecule has 2 N–H and O–H groups in total. The molecule has 0 spiro atoms. The molecule has 1 rings (SSSR count). The minimum absolute atomic E-state index is 0.0990. The maximum absolute atomic E-state index is 12.2. The predicted octanol–water partition coefficient (Wildman–Crippen LogP) is 0.674. The topological polar surface area (TPSA) is 40.5 Å². The van der Waals surface area contributed by atoms with Gasteiger partial charge in [-0.05, 0) is 18.6 Å². The summed E-state index contributed by atoms with van der Waals surface area (Å²) in [6.07, 6.45) is -2.54. The SMILES string of the molecule is Cc1cc(B(O)O)sc1C(F)F. The van der Waals surface area contributed by atoms with Crippen molar-refractivity contribution in [3.05, 3.63) is 16.5 Å². The van der Waals surface area contributed by atoms with E-state index in [0.29, 0.717) is 5.56 Å². The maximum atomic E-state index is 12.2. The van der Waals surface area contributed by atoms with Crippen LogP contribution in [0.15, 0.2) is 6.07 Å². The van der Waals surface area contributed by atoms with Gasteiger partial charge in [0.15, 0.2) is 0 Å². The number of thiophene rings is 1. The zero-order valence-electron chi connectivity index (χ0n) is 6.29. The van der Waals surface area contributed by atoms with Crippen LogP contribution in [-0.2, 0) is 0 Å². The average molecular weight is 192 g/mol. The van der Waals surface area contributed by atoms with E-state index in [-0.39, 0.29) is 9.65 Å². The third-order valence-electron chi connectivity index (χ3n) is 1.43. The van der Waals surface area contributed by atoms with Gasteiger partial charge in [-0.25, -0.2) is 8.78 Å². The Kier molecular flexibility index (Phi) is 2.82. The third kappa shape index (κ3) is 1.82. The quantitative estimate of drug-likeness (QED) is 0.676. The lowest BCUT2D eigenvalue weighted by molar-refractivity contribution is 0.155. The van der Waals surface area contributed by atoms with Crippen molar-refractivity contribution in [3.8, 4) is 0 Å². The van der Waals surface area contributed by atoms with Gasteiger partial charge in [-0.3, -0.25) is 0 Å². The molecule has 0 radical (unpaired) electrons. The van der Waals surface area contributed by atoms with Crippen LogP contribution in [0.2, 0.25) is 0 Å². The van der Waals surface area contributed by atoms with Crippen LogP contribution in [0.25, 0.3) is 0 Å². The Morgan fingerprint density at radius 1 is 1.50 bits per heavy atom. The Bertz CT molecular complexity index is 275. The summed E-state index contributed by atoms with van der Waals surface area (Å²) in [6, 6.07) is 1.36. The van der Waals surface area contributed by atoms with Crippen LogP contribution in [0.5, 0.6) is 0 Å². The van der Waals surface area contributed by atoms with E-state index in [1.807, 2.05) is 0 Å². The van der Waals surface area contributed by atoms with E-state index in [2.05, 4.69) is 0 Å². The van der Waals surface area contributed by atoms with Crippen molar-refractivity contribution < 1.29 is 18.8 Å². The number of hydrogen-bond donors (Lipinski definition) is 2. The van der Waals surface area contributed by atoms with Crippen LogP contribution >= 0.6 is 11.3 Å². The molecule has 0 fully saturated rings. The fraction of sp³-hybridized carbons (Fsp3) is 0.333. The Morgan fingerprint density at radius 2 is 2.08 bits per heavy atom. The second-order valence-electron chi connectivity index (χ2n) is 2.37. The first kappa shape index (κ1) is 9.63. The molecule has 1 aromatic rings. The molecule has 66 valence electrons. The molecule has 0 bridgehead atoms. The smallest absolute Gasteiger partial charge is 0.423 e. The molecule has 1 heterocycles. The van der Waals surface area contributed by atoms with Crippen molar-refractivity contribution in [2.24, 2.45) is 0 Å². The Labute approximate surface area is 72.6 Å². The molecule has 0 aliphatic rings. The largest absolute Gasteiger partial charge is 0.499 e. The summed E-state index contributed by atoms with van der Waals surface area (Å²) in [4.78, 5) is -0.0990. The van der Waals surface area contributed by atoms with E-state index >= 15 is 0 Å². The van der Waals surface area contributed by atoms with Crippen LogP contribution in [0.1, 0.15) is 16.9 Å². The van der Waals surface area contributed by atoms with Gasteiger partial charge in [-0.2, -0.15) is 0 Å². The molecule has 0 saturated carbocycles. The summed E-state index contributed by atoms with van der Waals surface area (Å²) >= 11 is 0.726. The van der Waals surface area contributed by atoms with Gasteiger partial charge >= 0.3 is 7.12 Å². The molecule has 0 saturated heterocycles. The molecule has 1 aromatic heterocycles. The third-order valence-corrected chi connectivity index (χ3v) is 2.71. The van der Waals surface area contributed by atoms with E-state index in [1.54, 1.807) is 0 Å². The molecule has 2 nitrogen and oxygen atoms in total. The monoisotopic (exact) mass is 192 g/mol. The molecule has 0 amide bonds. The molecule has 0 unspecified atom stereocenters. The number of aryl methyl sites for hydroxylation is 1. The highest BCUT2D eigenvalue weighted by molar-refractivity contribution is 7.22. The van der Waals surface area contributed by atoms with Gasteiger partial charge in [-0.15, -0.1) is 11.3 Å². The second-order valence-corrected chi connectivity index (χ2v) is 3.49. The van der Waals surface area contributed by atoms with Crippen LogP contribution in [0.3, 0.4) is 0 Å². The van der Waals surface area contributed by atoms with E-state index in [9.17, 15) is 8.78 Å². The van der Waals surface area contributed by atoms with Crippen molar-refractivity contribution in [2.75, 3.05) is 0 Å². The summed E-state index contributed by atoms with van der Waals surface area (Å²) in [5, 5.41) is 17.3. The number of alkyl halides is 2. The van der Waals surface area contributed by atoms with Crippen molar-refractivity contribution in [3.63, 3.8) is 0 Å². The fourth-order valence-electron chi connectivity index (χ4n) is 0.865. The summed E-state index contributed by atoms with van der Waals surface area (Å²) in [7, 11) is -1.65. The molecule has 0 aliphatic carbocycles. The van der Waals surface area contributed by atoms with Gasteiger partial charge in [0, 0.05) is 4.78 Å². The molecule has 6 heteroatoms. The molecular formula is C6H7BF2O2S. The average Bonchev–Trinajstić information content (AvgIpc) is 2.30. The van der Waals surface area contributed by atoms with Crippen molar-refractivity contribution in [1.29, 1.82) is 0 Å². The van der Waals surface area contributed by atoms with Crippen LogP contribution in [0.4, 0.5) is 8.78 Å². The van der Waals surface area contributed by atoms with Gasteiger partial charge in [-0.1, -0.05) is 0 Å². The van der Waals surface area contributed by atoms with Crippen LogP contribution in [0, 0.1) is 6.92 Å². The summed E-state index contributed by atoms with van der Waals surface area (Å²) < 4.78 is 24.5. The van der Waals surface area contributed by atoms with E-state index < -0.39 is 13.5 Å². The Morgan fingerprint density at radius 3 is 2.33 bits per heavy atom. The Hall–Kier alpha value is -0.455. The number of hydrogen-bond acceptors (Lipinski definition) is 3. The lowest BCUT2D eigenvalue weighted by Gasteiger charge is -1.93. The maximum Gasteiger partial charge on any atom is 0.499 e. The first-order chi connectivity index (χ1) is 5.52. The van der Waals surface area contributed by atoms with E-state index in [4.69, 9.17) is 10.0 Å². The van der Waals surface area contributed by atoms with Gasteiger partial charge in [0.2, 0.25) is 0 Å². The molecule has 12 heavy (non-hydrogen) atoms. The van der Waals surface area contributed by atoms with Gasteiger partial charge < -0.3 is 10.0 Å². The highest BCUT2D eigenvalue weighted by atomic mass is 32.1. The molecule has 0 aromatic carbocycles. The predicted molar refractivity (Wildman–Crippen MR) is 43.8 cm³/mol. The molecule has 0 atom stereocenters. The summed E-state index contributed by atoms with van der Waals surface area (Å²) in [5.74, 6) is 0. The van der Waals surface area contributed by atoms with Crippen LogP contribution in [-0.4, -0.2) is 17.2 Å². The van der Waals surface area contributed by atoms with Crippen molar-refractivity contribution in [2.45, 2.75) is 13.3 Å². The normalized spacial score (nSPS) is 10.8. The summed E-state index contributed by atoms with van der Waals surface area (Å²) in [5.41, 5.74) is 0.401. The Balaban J connectivity index is 3.00. The zero-order chi connectivity index (χ0) is 9.30. The highest BCUT2D eigenvalue weighted by Crippen LogP contribution is 2.26. The molecular weight excluding hydrogens is 185 g/mol. The van der Waals surface area contributed by atoms with Gasteiger partial charge in [0.1, 0.15) is 0 Å². The molecule has 0 aliphatic heterocycles. The highest BCUT2D eigenvalue weighted by Gasteiger charge is 2.20. The first-order valence-corrected chi connectivity index (χ1v) is 4.08. The van der Waals surface area contributed by atoms with Crippen molar-refractivity contribution in [1.82, 2.24) is 0 Å². The first-order valence-electron chi connectivity index (χ1n) is 3.27. The van der Waals surface area contributed by atoms with Gasteiger partial charge in [0.05, 0.1) is 4.88 Å². The summed E-state index contributed by atoms with van der Waals surface area (Å²) in [6.45, 7) is 1.52. The zero-order valence-corrected chi connectivity index (χ0v) is 7.11. The van der Waals surface area contributed by atoms with Crippen molar-refractivity contribution >= 4 is 23.2 Å². The number of halogens is 2. The fourth-order valence-corrected chi connectivity index (χ4v) is 1.77. The second kappa shape index (κ2) is 3.51. The minimum Gasteiger partial charge on any atom is -0.423 e. The lowest BCUT2D eigenvalue weighted by atomic mass is 9.89. The number of rotatable bonds is 2. The standard InChI is InChI=1S/C6H7BF2O2S/c1-3-2-4(7(10)11)12-5(3)6(8)9/h2,6,10-11H,1H3. The van der Waals surface area contributed by atoms with Crippen LogP contribution < -0.4 is 4.78 Å². The van der Waals surface area contributed by atoms with E-state index in [1.165, 1.54) is 13.0 Å².